The summed E-state index contributed by atoms with van der Waals surface area (Å²) in [4.78, 5) is 0. The standard InChI is InChI=1S/C12H24N2O/c1-3-12(4-5-12)10-13-6-7-15-11(2)8-14-9-11/h13-14H,3-10H2,1-2H3. The van der Waals surface area contributed by atoms with Crippen LogP contribution in [0.25, 0.3) is 0 Å². The highest BCUT2D eigenvalue weighted by Gasteiger charge is 2.39. The average Bonchev–Trinajstić information content (AvgIpc) is 2.96. The Balaban J connectivity index is 1.48. The van der Waals surface area contributed by atoms with Gasteiger partial charge in [-0.05, 0) is 31.6 Å². The highest BCUT2D eigenvalue weighted by Crippen LogP contribution is 2.47. The van der Waals surface area contributed by atoms with Gasteiger partial charge in [0.2, 0.25) is 0 Å². The molecule has 88 valence electrons. The van der Waals surface area contributed by atoms with Gasteiger partial charge in [-0.2, -0.15) is 0 Å². The van der Waals surface area contributed by atoms with E-state index in [1.54, 1.807) is 0 Å². The van der Waals surface area contributed by atoms with E-state index < -0.39 is 0 Å². The minimum Gasteiger partial charge on any atom is -0.371 e. The van der Waals surface area contributed by atoms with Gasteiger partial charge in [0.05, 0.1) is 12.2 Å². The second kappa shape index (κ2) is 4.40. The first-order valence-electron chi connectivity index (χ1n) is 6.24. The maximum absolute atomic E-state index is 5.81. The van der Waals surface area contributed by atoms with E-state index in [1.165, 1.54) is 25.8 Å². The molecular formula is C12H24N2O. The quantitative estimate of drug-likeness (QED) is 0.621. The maximum atomic E-state index is 5.81. The van der Waals surface area contributed by atoms with E-state index in [4.69, 9.17) is 4.74 Å². The van der Waals surface area contributed by atoms with Gasteiger partial charge >= 0.3 is 0 Å². The van der Waals surface area contributed by atoms with Crippen LogP contribution >= 0.6 is 0 Å². The Morgan fingerprint density at radius 1 is 1.33 bits per heavy atom. The van der Waals surface area contributed by atoms with Gasteiger partial charge in [-0.25, -0.2) is 0 Å². The lowest BCUT2D eigenvalue weighted by atomic mass is 10.0. The average molecular weight is 212 g/mol. The molecule has 1 saturated heterocycles. The zero-order valence-electron chi connectivity index (χ0n) is 10.1. The molecule has 2 fully saturated rings. The van der Waals surface area contributed by atoms with Crippen molar-refractivity contribution in [3.8, 4) is 0 Å². The van der Waals surface area contributed by atoms with Gasteiger partial charge in [-0.1, -0.05) is 6.92 Å². The molecule has 0 aromatic rings. The van der Waals surface area contributed by atoms with Crippen LogP contribution in [-0.2, 0) is 4.74 Å². The predicted molar refractivity (Wildman–Crippen MR) is 62.1 cm³/mol. The van der Waals surface area contributed by atoms with Crippen molar-refractivity contribution >= 4 is 0 Å². The lowest BCUT2D eigenvalue weighted by Gasteiger charge is -2.39. The van der Waals surface area contributed by atoms with E-state index >= 15 is 0 Å². The molecule has 2 aliphatic rings. The van der Waals surface area contributed by atoms with E-state index in [-0.39, 0.29) is 5.60 Å². The van der Waals surface area contributed by atoms with Gasteiger partial charge < -0.3 is 15.4 Å². The zero-order valence-corrected chi connectivity index (χ0v) is 10.1. The molecule has 1 heterocycles. The first kappa shape index (κ1) is 11.4. The number of hydrogen-bond acceptors (Lipinski definition) is 3. The van der Waals surface area contributed by atoms with E-state index in [0.717, 1.165) is 26.2 Å². The summed E-state index contributed by atoms with van der Waals surface area (Å²) in [6.45, 7) is 9.51. The fourth-order valence-electron chi connectivity index (χ4n) is 2.13. The molecule has 3 heteroatoms. The van der Waals surface area contributed by atoms with E-state index in [1.807, 2.05) is 0 Å². The van der Waals surface area contributed by atoms with Gasteiger partial charge in [0, 0.05) is 26.2 Å². The number of hydrogen-bond donors (Lipinski definition) is 2. The lowest BCUT2D eigenvalue weighted by molar-refractivity contribution is -0.0649. The van der Waals surface area contributed by atoms with Crippen LogP contribution in [0.5, 0.6) is 0 Å². The molecule has 1 aliphatic carbocycles. The minimum atomic E-state index is 0.115. The molecule has 2 N–H and O–H groups in total. The summed E-state index contributed by atoms with van der Waals surface area (Å²) in [6.07, 6.45) is 4.15. The summed E-state index contributed by atoms with van der Waals surface area (Å²) < 4.78 is 5.81. The van der Waals surface area contributed by atoms with Gasteiger partial charge in [0.15, 0.2) is 0 Å². The summed E-state index contributed by atoms with van der Waals surface area (Å²) >= 11 is 0. The largest absolute Gasteiger partial charge is 0.371 e. The second-order valence-corrected chi connectivity index (χ2v) is 5.43. The SMILES string of the molecule is CCC1(CNCCOC2(C)CNC2)CC1. The van der Waals surface area contributed by atoms with Crippen molar-refractivity contribution in [2.45, 2.75) is 38.7 Å². The Labute approximate surface area is 93.0 Å². The lowest BCUT2D eigenvalue weighted by Crippen LogP contribution is -2.59. The van der Waals surface area contributed by atoms with Crippen molar-refractivity contribution in [3.05, 3.63) is 0 Å². The van der Waals surface area contributed by atoms with Crippen molar-refractivity contribution in [1.29, 1.82) is 0 Å². The van der Waals surface area contributed by atoms with E-state index in [9.17, 15) is 0 Å². The fraction of sp³-hybridized carbons (Fsp3) is 1.00. The maximum Gasteiger partial charge on any atom is 0.0902 e. The first-order valence-corrected chi connectivity index (χ1v) is 6.24. The molecular weight excluding hydrogens is 188 g/mol. The summed E-state index contributed by atoms with van der Waals surface area (Å²) in [7, 11) is 0. The van der Waals surface area contributed by atoms with Gasteiger partial charge in [-0.3, -0.25) is 0 Å². The highest BCUT2D eigenvalue weighted by molar-refractivity contribution is 4.93. The predicted octanol–water partition coefficient (Wildman–Crippen LogP) is 1.14. The van der Waals surface area contributed by atoms with Gasteiger partial charge in [0.25, 0.3) is 0 Å². The molecule has 0 atom stereocenters. The summed E-state index contributed by atoms with van der Waals surface area (Å²) in [5.41, 5.74) is 0.769. The van der Waals surface area contributed by atoms with Crippen LogP contribution in [0.15, 0.2) is 0 Å². The van der Waals surface area contributed by atoms with E-state index in [2.05, 4.69) is 24.5 Å². The monoisotopic (exact) mass is 212 g/mol. The molecule has 0 aromatic carbocycles. The Morgan fingerprint density at radius 3 is 2.53 bits per heavy atom. The Morgan fingerprint density at radius 2 is 2.07 bits per heavy atom. The molecule has 0 amide bonds. The van der Waals surface area contributed by atoms with Crippen molar-refractivity contribution in [3.63, 3.8) is 0 Å². The van der Waals surface area contributed by atoms with Gasteiger partial charge in [-0.15, -0.1) is 0 Å². The zero-order chi connectivity index (χ0) is 10.8. The van der Waals surface area contributed by atoms with Crippen molar-refractivity contribution in [2.24, 2.45) is 5.41 Å². The molecule has 0 spiro atoms. The molecule has 0 radical (unpaired) electrons. The van der Waals surface area contributed by atoms with E-state index in [0.29, 0.717) is 5.41 Å². The Kier molecular flexibility index (Phi) is 3.33. The third-order valence-corrected chi connectivity index (χ3v) is 3.93. The molecule has 0 unspecified atom stereocenters. The normalized spacial score (nSPS) is 26.0. The van der Waals surface area contributed by atoms with Crippen LogP contribution < -0.4 is 10.6 Å². The van der Waals surface area contributed by atoms with Crippen LogP contribution in [0, 0.1) is 5.41 Å². The third-order valence-electron chi connectivity index (χ3n) is 3.93. The smallest absolute Gasteiger partial charge is 0.0902 e. The summed E-state index contributed by atoms with van der Waals surface area (Å²) in [6, 6.07) is 0. The molecule has 1 saturated carbocycles. The van der Waals surface area contributed by atoms with Crippen molar-refractivity contribution in [1.82, 2.24) is 10.6 Å². The van der Waals surface area contributed by atoms with Gasteiger partial charge in [0.1, 0.15) is 0 Å². The molecule has 1 aliphatic heterocycles. The molecule has 0 aromatic heterocycles. The first-order chi connectivity index (χ1) is 7.18. The number of nitrogens with one attached hydrogen (secondary N) is 2. The summed E-state index contributed by atoms with van der Waals surface area (Å²) in [5, 5.41) is 6.76. The van der Waals surface area contributed by atoms with Crippen LogP contribution in [0.2, 0.25) is 0 Å². The topological polar surface area (TPSA) is 33.3 Å². The summed E-state index contributed by atoms with van der Waals surface area (Å²) in [5.74, 6) is 0. The van der Waals surface area contributed by atoms with Crippen molar-refractivity contribution < 1.29 is 4.74 Å². The molecule has 0 bridgehead atoms. The van der Waals surface area contributed by atoms with Crippen LogP contribution in [0.4, 0.5) is 0 Å². The Bertz CT molecular complexity index is 203. The van der Waals surface area contributed by atoms with Crippen LogP contribution in [0.1, 0.15) is 33.1 Å². The third kappa shape index (κ3) is 2.92. The molecule has 2 rings (SSSR count). The second-order valence-electron chi connectivity index (χ2n) is 5.43. The minimum absolute atomic E-state index is 0.115. The molecule has 15 heavy (non-hydrogen) atoms. The fourth-order valence-corrected chi connectivity index (χ4v) is 2.13. The number of rotatable bonds is 7. The van der Waals surface area contributed by atoms with Crippen LogP contribution in [0.3, 0.4) is 0 Å². The Hall–Kier alpha value is -0.120. The van der Waals surface area contributed by atoms with Crippen molar-refractivity contribution in [2.75, 3.05) is 32.8 Å². The van der Waals surface area contributed by atoms with Crippen LogP contribution in [-0.4, -0.2) is 38.4 Å². The number of ether oxygens (including phenoxy) is 1. The highest BCUT2D eigenvalue weighted by atomic mass is 16.5. The molecule has 3 nitrogen and oxygen atoms in total.